The standard InChI is InChI=1S/C20H25F3N4O4S/c1-12-9-16(17-11-26(19(28)31-2)7-8-32(17,29)30)27-18(24-12)10-15(25-27)13-3-5-14(6-4-13)20(21,22)23/h9-10,13-14,17H,3-8,11H2,1-2H3/t13?,14?,17-/m1/s1. The molecule has 3 heterocycles. The van der Waals surface area contributed by atoms with Gasteiger partial charge in [-0.2, -0.15) is 18.3 Å². The zero-order chi connectivity index (χ0) is 23.3. The fourth-order valence-electron chi connectivity index (χ4n) is 4.65. The van der Waals surface area contributed by atoms with Gasteiger partial charge < -0.3 is 9.64 Å². The summed E-state index contributed by atoms with van der Waals surface area (Å²) in [6.07, 6.45) is -3.97. The molecule has 0 bridgehead atoms. The number of nitrogens with zero attached hydrogens (tertiary/aromatic N) is 4. The van der Waals surface area contributed by atoms with Crippen molar-refractivity contribution in [3.63, 3.8) is 0 Å². The van der Waals surface area contributed by atoms with Gasteiger partial charge in [0.15, 0.2) is 15.5 Å². The molecule has 1 atom stereocenters. The van der Waals surface area contributed by atoms with Gasteiger partial charge in [-0.05, 0) is 38.7 Å². The summed E-state index contributed by atoms with van der Waals surface area (Å²) >= 11 is 0. The maximum Gasteiger partial charge on any atom is 0.409 e. The smallest absolute Gasteiger partial charge is 0.409 e. The van der Waals surface area contributed by atoms with E-state index in [1.54, 1.807) is 19.1 Å². The molecule has 2 aromatic heterocycles. The highest BCUT2D eigenvalue weighted by atomic mass is 32.2. The van der Waals surface area contributed by atoms with Gasteiger partial charge in [-0.1, -0.05) is 0 Å². The number of halogens is 3. The van der Waals surface area contributed by atoms with E-state index in [-0.39, 0.29) is 37.6 Å². The third kappa shape index (κ3) is 4.28. The molecular formula is C20H25F3N4O4S. The van der Waals surface area contributed by atoms with Crippen molar-refractivity contribution < 1.29 is 31.1 Å². The second kappa shape index (κ2) is 8.20. The summed E-state index contributed by atoms with van der Waals surface area (Å²) in [6.45, 7) is 1.71. The summed E-state index contributed by atoms with van der Waals surface area (Å²) in [6, 6.07) is 3.36. The molecule has 2 aliphatic rings. The predicted molar refractivity (Wildman–Crippen MR) is 109 cm³/mol. The number of hydrogen-bond donors (Lipinski definition) is 0. The van der Waals surface area contributed by atoms with Gasteiger partial charge in [-0.3, -0.25) is 0 Å². The van der Waals surface area contributed by atoms with Crippen LogP contribution in [0.5, 0.6) is 0 Å². The monoisotopic (exact) mass is 474 g/mol. The topological polar surface area (TPSA) is 93.9 Å². The Bertz CT molecular complexity index is 1120. The Morgan fingerprint density at radius 2 is 1.88 bits per heavy atom. The highest BCUT2D eigenvalue weighted by molar-refractivity contribution is 7.91. The fourth-order valence-corrected chi connectivity index (χ4v) is 6.35. The van der Waals surface area contributed by atoms with Gasteiger partial charge in [0.25, 0.3) is 0 Å². The van der Waals surface area contributed by atoms with E-state index in [9.17, 15) is 26.4 Å². The lowest BCUT2D eigenvalue weighted by Gasteiger charge is -2.31. The van der Waals surface area contributed by atoms with Gasteiger partial charge in [0.2, 0.25) is 0 Å². The Hall–Kier alpha value is -2.37. The van der Waals surface area contributed by atoms with Crippen LogP contribution in [0.4, 0.5) is 18.0 Å². The molecule has 1 saturated heterocycles. The summed E-state index contributed by atoms with van der Waals surface area (Å²) < 4.78 is 71.0. The number of ether oxygens (including phenoxy) is 1. The van der Waals surface area contributed by atoms with Crippen LogP contribution in [-0.4, -0.2) is 66.1 Å². The van der Waals surface area contributed by atoms with Crippen molar-refractivity contribution in [2.24, 2.45) is 5.92 Å². The molecule has 0 radical (unpaired) electrons. The summed E-state index contributed by atoms with van der Waals surface area (Å²) in [5.41, 5.74) is 2.03. The van der Waals surface area contributed by atoms with Gasteiger partial charge in [0.05, 0.1) is 30.2 Å². The number of hydrogen-bond acceptors (Lipinski definition) is 6. The summed E-state index contributed by atoms with van der Waals surface area (Å²) in [7, 11) is -2.32. The first-order chi connectivity index (χ1) is 15.0. The molecule has 8 nitrogen and oxygen atoms in total. The number of carbonyl (C=O) groups excluding carboxylic acids is 1. The third-order valence-corrected chi connectivity index (χ3v) is 8.45. The minimum Gasteiger partial charge on any atom is -0.453 e. The zero-order valence-corrected chi connectivity index (χ0v) is 18.6. The number of rotatable bonds is 2. The molecule has 32 heavy (non-hydrogen) atoms. The van der Waals surface area contributed by atoms with E-state index in [1.165, 1.54) is 16.5 Å². The van der Waals surface area contributed by atoms with Crippen molar-refractivity contribution in [1.29, 1.82) is 0 Å². The highest BCUT2D eigenvalue weighted by Gasteiger charge is 2.42. The first-order valence-corrected chi connectivity index (χ1v) is 12.2. The molecule has 1 saturated carbocycles. The van der Waals surface area contributed by atoms with Crippen LogP contribution in [0.3, 0.4) is 0 Å². The van der Waals surface area contributed by atoms with Crippen molar-refractivity contribution in [2.45, 2.75) is 50.0 Å². The number of carbonyl (C=O) groups is 1. The minimum absolute atomic E-state index is 0.0471. The van der Waals surface area contributed by atoms with Crippen LogP contribution < -0.4 is 0 Å². The maximum absolute atomic E-state index is 13.0. The minimum atomic E-state index is -4.18. The van der Waals surface area contributed by atoms with Gasteiger partial charge >= 0.3 is 12.3 Å². The van der Waals surface area contributed by atoms with Crippen LogP contribution in [0.1, 0.15) is 53.9 Å². The Morgan fingerprint density at radius 1 is 1.19 bits per heavy atom. The normalized spacial score (nSPS) is 26.3. The lowest BCUT2D eigenvalue weighted by atomic mass is 9.80. The van der Waals surface area contributed by atoms with Crippen LogP contribution in [0.25, 0.3) is 5.65 Å². The van der Waals surface area contributed by atoms with Crippen molar-refractivity contribution in [3.8, 4) is 0 Å². The maximum atomic E-state index is 13.0. The number of aromatic nitrogens is 3. The van der Waals surface area contributed by atoms with E-state index in [1.807, 2.05) is 0 Å². The molecule has 4 rings (SSSR count). The second-order valence-corrected chi connectivity index (χ2v) is 10.8. The third-order valence-electron chi connectivity index (χ3n) is 6.44. The van der Waals surface area contributed by atoms with Crippen molar-refractivity contribution in [2.75, 3.05) is 26.0 Å². The Labute approximate surface area is 183 Å². The second-order valence-electron chi connectivity index (χ2n) is 8.52. The number of aryl methyl sites for hydroxylation is 1. The SMILES string of the molecule is COC(=O)N1CCS(=O)(=O)[C@@H](c2cc(C)nc3cc(C4CCC(C(F)(F)F)CC4)nn23)C1. The Kier molecular flexibility index (Phi) is 5.84. The quantitative estimate of drug-likeness (QED) is 0.662. The largest absolute Gasteiger partial charge is 0.453 e. The molecule has 2 aromatic rings. The van der Waals surface area contributed by atoms with Crippen LogP contribution in [0.15, 0.2) is 12.1 Å². The molecule has 1 aliphatic heterocycles. The van der Waals surface area contributed by atoms with Crippen LogP contribution in [0.2, 0.25) is 0 Å². The molecule has 0 unspecified atom stereocenters. The Morgan fingerprint density at radius 3 is 2.50 bits per heavy atom. The average Bonchev–Trinajstić information content (AvgIpc) is 3.16. The van der Waals surface area contributed by atoms with Gasteiger partial charge in [0.1, 0.15) is 5.25 Å². The lowest BCUT2D eigenvalue weighted by Crippen LogP contribution is -2.45. The summed E-state index contributed by atoms with van der Waals surface area (Å²) in [5.74, 6) is -1.63. The van der Waals surface area contributed by atoms with E-state index >= 15 is 0 Å². The number of methoxy groups -OCH3 is 1. The molecular weight excluding hydrogens is 449 g/mol. The van der Waals surface area contributed by atoms with Crippen molar-refractivity contribution in [1.82, 2.24) is 19.5 Å². The molecule has 0 aromatic carbocycles. The van der Waals surface area contributed by atoms with E-state index in [0.29, 0.717) is 35.6 Å². The number of amides is 1. The fraction of sp³-hybridized carbons (Fsp3) is 0.650. The van der Waals surface area contributed by atoms with Crippen molar-refractivity contribution in [3.05, 3.63) is 29.2 Å². The van der Waals surface area contributed by atoms with Crippen LogP contribution in [-0.2, 0) is 14.6 Å². The highest BCUT2D eigenvalue weighted by Crippen LogP contribution is 2.43. The van der Waals surface area contributed by atoms with Gasteiger partial charge in [-0.25, -0.2) is 22.7 Å². The molecule has 1 amide bonds. The molecule has 1 aliphatic carbocycles. The van der Waals surface area contributed by atoms with Crippen molar-refractivity contribution >= 4 is 21.6 Å². The van der Waals surface area contributed by atoms with E-state index in [2.05, 4.69) is 10.1 Å². The average molecular weight is 475 g/mol. The molecule has 0 spiro atoms. The molecule has 0 N–H and O–H groups in total. The van der Waals surface area contributed by atoms with Gasteiger partial charge in [0, 0.05) is 30.8 Å². The lowest BCUT2D eigenvalue weighted by molar-refractivity contribution is -0.182. The molecule has 176 valence electrons. The number of alkyl halides is 3. The van der Waals surface area contributed by atoms with Crippen LogP contribution >= 0.6 is 0 Å². The van der Waals surface area contributed by atoms with E-state index < -0.39 is 33.3 Å². The predicted octanol–water partition coefficient (Wildman–Crippen LogP) is 3.41. The summed E-state index contributed by atoms with van der Waals surface area (Å²) in [5, 5.41) is 3.56. The number of fused-ring (bicyclic) bond motifs is 1. The molecule has 12 heteroatoms. The first kappa shape index (κ1) is 22.8. The van der Waals surface area contributed by atoms with Crippen LogP contribution in [0, 0.1) is 12.8 Å². The molecule has 2 fully saturated rings. The van der Waals surface area contributed by atoms with Gasteiger partial charge in [-0.15, -0.1) is 0 Å². The Balaban J connectivity index is 1.67. The first-order valence-electron chi connectivity index (χ1n) is 10.5. The number of sulfone groups is 1. The zero-order valence-electron chi connectivity index (χ0n) is 17.8. The van der Waals surface area contributed by atoms with E-state index in [4.69, 9.17) is 4.74 Å². The summed E-state index contributed by atoms with van der Waals surface area (Å²) in [4.78, 5) is 17.8. The van der Waals surface area contributed by atoms with E-state index in [0.717, 1.165) is 0 Å².